The largest absolute Gasteiger partial charge is 0.376 e. The number of aromatic amines is 1. The number of carbonyl (C=O) groups excluding carboxylic acids is 1. The summed E-state index contributed by atoms with van der Waals surface area (Å²) in [5.74, 6) is 0.341. The zero-order valence-electron chi connectivity index (χ0n) is 14.0. The van der Waals surface area contributed by atoms with Gasteiger partial charge in [0.1, 0.15) is 0 Å². The van der Waals surface area contributed by atoms with Gasteiger partial charge >= 0.3 is 5.69 Å². The van der Waals surface area contributed by atoms with Gasteiger partial charge in [0.15, 0.2) is 10.9 Å². The Labute approximate surface area is 150 Å². The van der Waals surface area contributed by atoms with Crippen LogP contribution in [0.5, 0.6) is 0 Å². The molecule has 1 aromatic heterocycles. The van der Waals surface area contributed by atoms with Crippen LogP contribution < -0.4 is 5.69 Å². The molecule has 0 amide bonds. The molecule has 1 aliphatic carbocycles. The van der Waals surface area contributed by atoms with Crippen molar-refractivity contribution in [3.63, 3.8) is 0 Å². The second-order valence-corrected chi connectivity index (χ2v) is 7.55. The van der Waals surface area contributed by atoms with Crippen molar-refractivity contribution in [2.75, 3.05) is 12.4 Å². The van der Waals surface area contributed by atoms with E-state index in [9.17, 15) is 9.59 Å². The Morgan fingerprint density at radius 2 is 2.20 bits per heavy atom. The summed E-state index contributed by atoms with van der Waals surface area (Å²) in [6.45, 7) is 1.24. The van der Waals surface area contributed by atoms with Gasteiger partial charge in [0, 0.05) is 12.2 Å². The summed E-state index contributed by atoms with van der Waals surface area (Å²) < 4.78 is 7.18. The Kier molecular flexibility index (Phi) is 4.76. The molecule has 0 spiro atoms. The van der Waals surface area contributed by atoms with E-state index < -0.39 is 0 Å². The van der Waals surface area contributed by atoms with Crippen molar-refractivity contribution in [1.82, 2.24) is 14.8 Å². The lowest BCUT2D eigenvalue weighted by atomic mass is 10.0. The molecule has 7 heteroatoms. The summed E-state index contributed by atoms with van der Waals surface area (Å²) in [5, 5.41) is 7.09. The van der Waals surface area contributed by atoms with Crippen LogP contribution >= 0.6 is 11.8 Å². The monoisotopic (exact) mass is 359 g/mol. The van der Waals surface area contributed by atoms with Gasteiger partial charge in [0.05, 0.1) is 18.4 Å². The van der Waals surface area contributed by atoms with Gasteiger partial charge in [-0.05, 0) is 49.3 Å². The molecule has 1 aliphatic heterocycles. The minimum Gasteiger partial charge on any atom is -0.376 e. The van der Waals surface area contributed by atoms with E-state index in [1.54, 1.807) is 4.57 Å². The molecular formula is C18H21N3O3S. The first-order valence-electron chi connectivity index (χ1n) is 8.75. The molecule has 132 valence electrons. The van der Waals surface area contributed by atoms with Crippen LogP contribution in [0.3, 0.4) is 0 Å². The first-order chi connectivity index (χ1) is 12.2. The molecule has 0 saturated carbocycles. The Morgan fingerprint density at radius 3 is 3.04 bits per heavy atom. The van der Waals surface area contributed by atoms with Crippen molar-refractivity contribution >= 4 is 17.5 Å². The second-order valence-electron chi connectivity index (χ2n) is 6.61. The number of benzene rings is 1. The van der Waals surface area contributed by atoms with Crippen LogP contribution in [0, 0.1) is 0 Å². The van der Waals surface area contributed by atoms with Crippen LogP contribution in [0.25, 0.3) is 0 Å². The number of H-pyrrole nitrogens is 1. The number of hydrogen-bond acceptors (Lipinski definition) is 5. The van der Waals surface area contributed by atoms with E-state index in [4.69, 9.17) is 4.74 Å². The van der Waals surface area contributed by atoms with Gasteiger partial charge in [-0.15, -0.1) is 5.10 Å². The zero-order chi connectivity index (χ0) is 17.2. The number of ketones is 1. The number of nitrogens with one attached hydrogen (secondary N) is 1. The smallest absolute Gasteiger partial charge is 0.344 e. The average molecular weight is 359 g/mol. The van der Waals surface area contributed by atoms with E-state index in [1.807, 2.05) is 12.1 Å². The minimum atomic E-state index is -0.247. The molecule has 1 aromatic carbocycles. The van der Waals surface area contributed by atoms with Gasteiger partial charge in [-0.25, -0.2) is 9.89 Å². The number of aromatic nitrogens is 3. The maximum absolute atomic E-state index is 12.5. The maximum Gasteiger partial charge on any atom is 0.344 e. The fourth-order valence-electron chi connectivity index (χ4n) is 3.53. The van der Waals surface area contributed by atoms with E-state index in [0.717, 1.165) is 37.9 Å². The summed E-state index contributed by atoms with van der Waals surface area (Å²) >= 11 is 1.30. The van der Waals surface area contributed by atoms with Crippen LogP contribution in [0.15, 0.2) is 28.2 Å². The highest BCUT2D eigenvalue weighted by Gasteiger charge is 2.20. The Hall–Kier alpha value is -1.86. The third-order valence-electron chi connectivity index (χ3n) is 4.89. The number of aryl methyl sites for hydroxylation is 2. The molecule has 1 fully saturated rings. The Balaban J connectivity index is 1.42. The van der Waals surface area contributed by atoms with Gasteiger partial charge in [-0.3, -0.25) is 9.36 Å². The maximum atomic E-state index is 12.5. The second kappa shape index (κ2) is 7.17. The van der Waals surface area contributed by atoms with Gasteiger partial charge in [0.25, 0.3) is 0 Å². The molecule has 6 nitrogen and oxygen atoms in total. The van der Waals surface area contributed by atoms with Gasteiger partial charge in [0.2, 0.25) is 0 Å². The van der Waals surface area contributed by atoms with E-state index in [0.29, 0.717) is 11.7 Å². The van der Waals surface area contributed by atoms with Crippen molar-refractivity contribution in [2.24, 2.45) is 0 Å². The van der Waals surface area contributed by atoms with Crippen molar-refractivity contribution in [3.05, 3.63) is 45.4 Å². The van der Waals surface area contributed by atoms with Crippen LogP contribution in [0.4, 0.5) is 0 Å². The number of Topliss-reactive ketones (excluding diaryl/α,β-unsaturated/α-hetero) is 1. The summed E-state index contributed by atoms with van der Waals surface area (Å²) in [5.41, 5.74) is 3.16. The molecule has 1 N–H and O–H groups in total. The number of carbonyl (C=O) groups is 1. The standard InChI is InChI=1S/C18H21N3O3S/c22-16(14-7-6-12-3-1-4-13(12)9-14)11-25-18-20-19-17(23)21(18)10-15-5-2-8-24-15/h6-7,9,15H,1-5,8,10-11H2,(H,19,23). The first kappa shape index (κ1) is 16.6. The van der Waals surface area contributed by atoms with Crippen molar-refractivity contribution in [2.45, 2.75) is 49.9 Å². The predicted octanol–water partition coefficient (Wildman–Crippen LogP) is 2.21. The molecule has 2 heterocycles. The lowest BCUT2D eigenvalue weighted by Gasteiger charge is -2.11. The molecular weight excluding hydrogens is 338 g/mol. The average Bonchev–Trinajstić information content (AvgIpc) is 3.35. The van der Waals surface area contributed by atoms with E-state index in [1.165, 1.54) is 29.3 Å². The molecule has 2 aliphatic rings. The summed E-state index contributed by atoms with van der Waals surface area (Å²) in [6, 6.07) is 6.01. The highest BCUT2D eigenvalue weighted by atomic mass is 32.2. The normalized spacial score (nSPS) is 19.3. The molecule has 1 saturated heterocycles. The number of rotatable bonds is 6. The summed E-state index contributed by atoms with van der Waals surface area (Å²) in [4.78, 5) is 24.5. The first-order valence-corrected chi connectivity index (χ1v) is 9.74. The predicted molar refractivity (Wildman–Crippen MR) is 95.3 cm³/mol. The lowest BCUT2D eigenvalue weighted by Crippen LogP contribution is -2.25. The van der Waals surface area contributed by atoms with Crippen LogP contribution in [-0.2, 0) is 24.1 Å². The Bertz CT molecular complexity index is 836. The topological polar surface area (TPSA) is 77.0 Å². The summed E-state index contributed by atoms with van der Waals surface area (Å²) in [6.07, 6.45) is 5.38. The van der Waals surface area contributed by atoms with Gasteiger partial charge < -0.3 is 4.74 Å². The van der Waals surface area contributed by atoms with Gasteiger partial charge in [-0.2, -0.15) is 0 Å². The number of fused-ring (bicyclic) bond motifs is 1. The van der Waals surface area contributed by atoms with E-state index >= 15 is 0 Å². The number of nitrogens with zero attached hydrogens (tertiary/aromatic N) is 2. The number of ether oxygens (including phenoxy) is 1. The third-order valence-corrected chi connectivity index (χ3v) is 5.86. The SMILES string of the molecule is O=C(CSc1n[nH]c(=O)n1CC1CCCO1)c1ccc2c(c1)CCC2. The molecule has 4 rings (SSSR count). The molecule has 2 aromatic rings. The third kappa shape index (κ3) is 3.57. The minimum absolute atomic E-state index is 0.0575. The van der Waals surface area contributed by atoms with Crippen molar-refractivity contribution in [1.29, 1.82) is 0 Å². The summed E-state index contributed by atoms with van der Waals surface area (Å²) in [7, 11) is 0. The fourth-order valence-corrected chi connectivity index (χ4v) is 4.38. The lowest BCUT2D eigenvalue weighted by molar-refractivity contribution is 0.0941. The highest BCUT2D eigenvalue weighted by Crippen LogP contribution is 2.24. The molecule has 1 atom stereocenters. The van der Waals surface area contributed by atoms with Crippen LogP contribution in [0.2, 0.25) is 0 Å². The zero-order valence-corrected chi connectivity index (χ0v) is 14.8. The molecule has 0 bridgehead atoms. The Morgan fingerprint density at radius 1 is 1.32 bits per heavy atom. The highest BCUT2D eigenvalue weighted by molar-refractivity contribution is 7.99. The molecule has 1 unspecified atom stereocenters. The van der Waals surface area contributed by atoms with Gasteiger partial charge in [-0.1, -0.05) is 23.9 Å². The quantitative estimate of drug-likeness (QED) is 0.632. The van der Waals surface area contributed by atoms with E-state index in [-0.39, 0.29) is 23.3 Å². The number of hydrogen-bond donors (Lipinski definition) is 1. The number of thioether (sulfide) groups is 1. The molecule has 0 radical (unpaired) electrons. The van der Waals surface area contributed by atoms with Crippen LogP contribution in [-0.4, -0.2) is 39.0 Å². The fraction of sp³-hybridized carbons (Fsp3) is 0.500. The van der Waals surface area contributed by atoms with E-state index in [2.05, 4.69) is 16.3 Å². The van der Waals surface area contributed by atoms with Crippen molar-refractivity contribution in [3.8, 4) is 0 Å². The van der Waals surface area contributed by atoms with Crippen molar-refractivity contribution < 1.29 is 9.53 Å². The molecule has 25 heavy (non-hydrogen) atoms. The van der Waals surface area contributed by atoms with Crippen LogP contribution in [0.1, 0.15) is 40.7 Å².